The smallest absolute Gasteiger partial charge is 0.227 e. The zero-order valence-corrected chi connectivity index (χ0v) is 13.6. The van der Waals surface area contributed by atoms with E-state index in [-0.39, 0.29) is 24.4 Å². The van der Waals surface area contributed by atoms with E-state index in [2.05, 4.69) is 0 Å². The van der Waals surface area contributed by atoms with Crippen LogP contribution in [0.3, 0.4) is 0 Å². The fraction of sp³-hybridized carbons (Fsp3) is 0.562. The standard InChI is InChI=1S/C16H24N2O2.ClH/c1-12(17)14-6-4-8-18(11-14)16(19)10-13-5-3-7-15(9-13)20-2;/h3,5,7,9,12,14H,4,6,8,10-11,17H2,1-2H3;1H. The van der Waals surface area contributed by atoms with Crippen molar-refractivity contribution >= 4 is 18.3 Å². The van der Waals surface area contributed by atoms with Crippen LogP contribution in [0.2, 0.25) is 0 Å². The van der Waals surface area contributed by atoms with E-state index in [0.29, 0.717) is 12.3 Å². The average molecular weight is 313 g/mol. The molecule has 1 aliphatic rings. The average Bonchev–Trinajstić information content (AvgIpc) is 2.47. The summed E-state index contributed by atoms with van der Waals surface area (Å²) < 4.78 is 5.19. The highest BCUT2D eigenvalue weighted by Crippen LogP contribution is 2.20. The zero-order chi connectivity index (χ0) is 14.5. The molecule has 1 saturated heterocycles. The van der Waals surface area contributed by atoms with Crippen LogP contribution in [0, 0.1) is 5.92 Å². The Hall–Kier alpha value is -1.26. The minimum Gasteiger partial charge on any atom is -0.497 e. The molecule has 0 bridgehead atoms. The summed E-state index contributed by atoms with van der Waals surface area (Å²) in [6.45, 7) is 3.67. The molecule has 0 aromatic heterocycles. The summed E-state index contributed by atoms with van der Waals surface area (Å²) in [5, 5.41) is 0. The van der Waals surface area contributed by atoms with Crippen LogP contribution >= 0.6 is 12.4 Å². The van der Waals surface area contributed by atoms with Crippen molar-refractivity contribution < 1.29 is 9.53 Å². The van der Waals surface area contributed by atoms with Gasteiger partial charge in [0.1, 0.15) is 5.75 Å². The second-order valence-electron chi connectivity index (χ2n) is 5.63. The van der Waals surface area contributed by atoms with E-state index in [9.17, 15) is 4.79 Å². The van der Waals surface area contributed by atoms with Crippen LogP contribution in [0.4, 0.5) is 0 Å². The number of ether oxygens (including phenoxy) is 1. The maximum absolute atomic E-state index is 12.4. The topological polar surface area (TPSA) is 55.6 Å². The minimum absolute atomic E-state index is 0. The molecule has 21 heavy (non-hydrogen) atoms. The van der Waals surface area contributed by atoms with Gasteiger partial charge in [-0.25, -0.2) is 0 Å². The van der Waals surface area contributed by atoms with E-state index >= 15 is 0 Å². The first-order valence-corrected chi connectivity index (χ1v) is 7.26. The fourth-order valence-electron chi connectivity index (χ4n) is 2.73. The first-order chi connectivity index (χ1) is 9.60. The summed E-state index contributed by atoms with van der Waals surface area (Å²) >= 11 is 0. The van der Waals surface area contributed by atoms with E-state index < -0.39 is 0 Å². The van der Waals surface area contributed by atoms with Gasteiger partial charge >= 0.3 is 0 Å². The second kappa shape index (κ2) is 8.25. The van der Waals surface area contributed by atoms with E-state index in [4.69, 9.17) is 10.5 Å². The summed E-state index contributed by atoms with van der Waals surface area (Å²) in [6.07, 6.45) is 2.61. The predicted molar refractivity (Wildman–Crippen MR) is 86.9 cm³/mol. The fourth-order valence-corrected chi connectivity index (χ4v) is 2.73. The van der Waals surface area contributed by atoms with Crippen molar-refractivity contribution in [2.45, 2.75) is 32.2 Å². The Labute approximate surface area is 133 Å². The van der Waals surface area contributed by atoms with Crippen molar-refractivity contribution in [3.05, 3.63) is 29.8 Å². The Bertz CT molecular complexity index is 465. The molecule has 1 amide bonds. The molecule has 0 aliphatic carbocycles. The van der Waals surface area contributed by atoms with Crippen molar-refractivity contribution in [2.24, 2.45) is 11.7 Å². The molecule has 0 saturated carbocycles. The molecule has 2 unspecified atom stereocenters. The summed E-state index contributed by atoms with van der Waals surface area (Å²) in [5.41, 5.74) is 6.96. The third-order valence-corrected chi connectivity index (χ3v) is 4.04. The SMILES string of the molecule is COc1cccc(CC(=O)N2CCCC(C(C)N)C2)c1.Cl. The number of piperidine rings is 1. The van der Waals surface area contributed by atoms with Gasteiger partial charge in [-0.15, -0.1) is 12.4 Å². The number of carbonyl (C=O) groups is 1. The molecule has 1 aromatic rings. The van der Waals surface area contributed by atoms with Gasteiger partial charge in [-0.05, 0) is 43.4 Å². The van der Waals surface area contributed by atoms with Gasteiger partial charge in [0.15, 0.2) is 0 Å². The van der Waals surface area contributed by atoms with Gasteiger partial charge in [-0.1, -0.05) is 12.1 Å². The predicted octanol–water partition coefficient (Wildman–Crippen LogP) is 2.25. The maximum Gasteiger partial charge on any atom is 0.227 e. The second-order valence-corrected chi connectivity index (χ2v) is 5.63. The molecule has 5 heteroatoms. The number of halogens is 1. The Balaban J connectivity index is 0.00000220. The van der Waals surface area contributed by atoms with Gasteiger partial charge in [0.2, 0.25) is 5.91 Å². The van der Waals surface area contributed by atoms with Crippen LogP contribution in [0.1, 0.15) is 25.3 Å². The molecule has 1 aliphatic heterocycles. The highest BCUT2D eigenvalue weighted by molar-refractivity contribution is 5.85. The monoisotopic (exact) mass is 312 g/mol. The third-order valence-electron chi connectivity index (χ3n) is 4.04. The number of methoxy groups -OCH3 is 1. The van der Waals surface area contributed by atoms with Gasteiger partial charge in [-0.3, -0.25) is 4.79 Å². The quantitative estimate of drug-likeness (QED) is 0.927. The Morgan fingerprint density at radius 1 is 1.52 bits per heavy atom. The molecule has 2 atom stereocenters. The summed E-state index contributed by atoms with van der Waals surface area (Å²) in [6, 6.07) is 7.85. The summed E-state index contributed by atoms with van der Waals surface area (Å²) in [5.74, 6) is 1.41. The van der Waals surface area contributed by atoms with Crippen LogP contribution in [-0.4, -0.2) is 37.0 Å². The third kappa shape index (κ3) is 4.90. The first kappa shape index (κ1) is 17.8. The zero-order valence-electron chi connectivity index (χ0n) is 12.7. The summed E-state index contributed by atoms with van der Waals surface area (Å²) in [4.78, 5) is 14.3. The molecule has 0 spiro atoms. The Morgan fingerprint density at radius 2 is 2.29 bits per heavy atom. The molecular weight excluding hydrogens is 288 g/mol. The molecule has 1 heterocycles. The normalized spacial score (nSPS) is 19.6. The van der Waals surface area contributed by atoms with Crippen LogP contribution < -0.4 is 10.5 Å². The van der Waals surface area contributed by atoms with E-state index in [1.54, 1.807) is 7.11 Å². The number of nitrogens with two attached hydrogens (primary N) is 1. The van der Waals surface area contributed by atoms with Crippen LogP contribution in [0.15, 0.2) is 24.3 Å². The van der Waals surface area contributed by atoms with Crippen molar-refractivity contribution in [3.8, 4) is 5.75 Å². The highest BCUT2D eigenvalue weighted by atomic mass is 35.5. The van der Waals surface area contributed by atoms with Crippen molar-refractivity contribution in [3.63, 3.8) is 0 Å². The highest BCUT2D eigenvalue weighted by Gasteiger charge is 2.25. The van der Waals surface area contributed by atoms with Gasteiger partial charge < -0.3 is 15.4 Å². The van der Waals surface area contributed by atoms with E-state index in [1.807, 2.05) is 36.1 Å². The first-order valence-electron chi connectivity index (χ1n) is 7.26. The maximum atomic E-state index is 12.4. The number of nitrogens with zero attached hydrogens (tertiary/aromatic N) is 1. The Kier molecular flexibility index (Phi) is 6.99. The van der Waals surface area contributed by atoms with E-state index in [0.717, 1.165) is 37.2 Å². The van der Waals surface area contributed by atoms with Gasteiger partial charge in [0.25, 0.3) is 0 Å². The molecule has 1 fully saturated rings. The lowest BCUT2D eigenvalue weighted by atomic mass is 9.92. The molecule has 2 N–H and O–H groups in total. The van der Waals surface area contributed by atoms with Gasteiger partial charge in [0, 0.05) is 19.1 Å². The number of rotatable bonds is 4. The number of benzene rings is 1. The van der Waals surface area contributed by atoms with Crippen LogP contribution in [0.5, 0.6) is 5.75 Å². The van der Waals surface area contributed by atoms with E-state index in [1.165, 1.54) is 0 Å². The molecule has 4 nitrogen and oxygen atoms in total. The number of hydrogen-bond donors (Lipinski definition) is 1. The molecule has 118 valence electrons. The lowest BCUT2D eigenvalue weighted by Gasteiger charge is -2.34. The molecule has 2 rings (SSSR count). The largest absolute Gasteiger partial charge is 0.497 e. The van der Waals surface area contributed by atoms with Crippen LogP contribution in [-0.2, 0) is 11.2 Å². The number of hydrogen-bond acceptors (Lipinski definition) is 3. The van der Waals surface area contributed by atoms with Crippen molar-refractivity contribution in [1.82, 2.24) is 4.90 Å². The number of carbonyl (C=O) groups excluding carboxylic acids is 1. The van der Waals surface area contributed by atoms with Crippen molar-refractivity contribution in [1.29, 1.82) is 0 Å². The number of amides is 1. The van der Waals surface area contributed by atoms with Gasteiger partial charge in [-0.2, -0.15) is 0 Å². The molecule has 1 aromatic carbocycles. The molecule has 0 radical (unpaired) electrons. The summed E-state index contributed by atoms with van der Waals surface area (Å²) in [7, 11) is 1.64. The van der Waals surface area contributed by atoms with Crippen LogP contribution in [0.25, 0.3) is 0 Å². The van der Waals surface area contributed by atoms with Crippen molar-refractivity contribution in [2.75, 3.05) is 20.2 Å². The minimum atomic E-state index is 0. The Morgan fingerprint density at radius 3 is 2.95 bits per heavy atom. The lowest BCUT2D eigenvalue weighted by molar-refractivity contribution is -0.132. The number of likely N-dealkylation sites (tertiary alicyclic amines) is 1. The molecular formula is C16H25ClN2O2. The lowest BCUT2D eigenvalue weighted by Crippen LogP contribution is -2.45. The van der Waals surface area contributed by atoms with Gasteiger partial charge in [0.05, 0.1) is 13.5 Å².